The molecule has 2 N–H and O–H groups in total. The zero-order chi connectivity index (χ0) is 16.4. The largest absolute Gasteiger partial charge is 0.294 e. The molecule has 8 heteroatoms. The van der Waals surface area contributed by atoms with Gasteiger partial charge in [-0.05, 0) is 34.5 Å². The number of rotatable bonds is 4. The summed E-state index contributed by atoms with van der Waals surface area (Å²) in [5, 5.41) is 13.8. The van der Waals surface area contributed by atoms with Crippen LogP contribution in [0, 0.1) is 6.92 Å². The van der Waals surface area contributed by atoms with Crippen molar-refractivity contribution in [2.75, 3.05) is 0 Å². The Hall–Kier alpha value is -2.58. The van der Waals surface area contributed by atoms with Crippen molar-refractivity contribution < 1.29 is 13.0 Å². The van der Waals surface area contributed by atoms with E-state index in [1.165, 1.54) is 6.07 Å². The lowest BCUT2D eigenvalue weighted by Crippen LogP contribution is -2.12. The van der Waals surface area contributed by atoms with Crippen LogP contribution in [0.2, 0.25) is 0 Å². The fourth-order valence-electron chi connectivity index (χ4n) is 2.55. The number of H-pyrrole nitrogens is 1. The highest BCUT2D eigenvalue weighted by Gasteiger charge is 2.27. The van der Waals surface area contributed by atoms with Crippen LogP contribution < -0.4 is 0 Å². The van der Waals surface area contributed by atoms with Gasteiger partial charge in [-0.25, -0.2) is 5.10 Å². The number of nitrogens with one attached hydrogen (secondary N) is 1. The fourth-order valence-corrected chi connectivity index (χ4v) is 3.26. The molecule has 1 atom stereocenters. The molecule has 3 aromatic rings. The Bertz CT molecular complexity index is 909. The Morgan fingerprint density at radius 2 is 1.87 bits per heavy atom. The van der Waals surface area contributed by atoms with Gasteiger partial charge in [0.15, 0.2) is 5.82 Å². The van der Waals surface area contributed by atoms with Crippen LogP contribution in [0.4, 0.5) is 0 Å². The quantitative estimate of drug-likeness (QED) is 0.708. The zero-order valence-corrected chi connectivity index (χ0v) is 13.0. The Kier molecular flexibility index (Phi) is 3.93. The van der Waals surface area contributed by atoms with E-state index in [0.29, 0.717) is 11.4 Å². The summed E-state index contributed by atoms with van der Waals surface area (Å²) in [6, 6.07) is 14.0. The molecule has 0 aliphatic carbocycles. The molecular weight excluding hydrogens is 316 g/mol. The number of benzene rings is 2. The van der Waals surface area contributed by atoms with Gasteiger partial charge in [0, 0.05) is 0 Å². The molecule has 1 heterocycles. The number of aromatic nitrogens is 4. The van der Waals surface area contributed by atoms with Crippen LogP contribution in [0.15, 0.2) is 53.4 Å². The first kappa shape index (κ1) is 15.3. The van der Waals surface area contributed by atoms with E-state index in [1.807, 2.05) is 37.3 Å². The molecule has 0 aliphatic rings. The second kappa shape index (κ2) is 5.90. The number of hydrogen-bond acceptors (Lipinski definition) is 5. The summed E-state index contributed by atoms with van der Waals surface area (Å²) in [6.07, 6.45) is 0. The first-order valence-electron chi connectivity index (χ1n) is 6.83. The van der Waals surface area contributed by atoms with Crippen LogP contribution in [0.5, 0.6) is 0 Å². The smallest absolute Gasteiger partial charge is 0.282 e. The van der Waals surface area contributed by atoms with Crippen molar-refractivity contribution in [3.05, 3.63) is 71.0 Å². The highest BCUT2D eigenvalue weighted by Crippen LogP contribution is 2.34. The van der Waals surface area contributed by atoms with Crippen molar-refractivity contribution in [3.8, 4) is 0 Å². The third-order valence-electron chi connectivity index (χ3n) is 3.52. The number of tetrazole rings is 1. The molecule has 3 rings (SSSR count). The average Bonchev–Trinajstić information content (AvgIpc) is 3.01. The van der Waals surface area contributed by atoms with Gasteiger partial charge in [0.2, 0.25) is 0 Å². The summed E-state index contributed by atoms with van der Waals surface area (Å²) >= 11 is 0. The van der Waals surface area contributed by atoms with Crippen molar-refractivity contribution in [2.45, 2.75) is 17.7 Å². The second-order valence-corrected chi connectivity index (χ2v) is 6.54. The standard InChI is InChI=1S/C15H14N4O3S/c1-10-7-8-13(23(20,21)22)12(9-10)14(15-16-18-19-17-15)11-5-3-2-4-6-11/h2-9,14H,1H3,(H,20,21,22)(H,16,17,18,19). The first-order chi connectivity index (χ1) is 11.0. The maximum Gasteiger partial charge on any atom is 0.294 e. The van der Waals surface area contributed by atoms with Crippen molar-refractivity contribution in [1.29, 1.82) is 0 Å². The van der Waals surface area contributed by atoms with Gasteiger partial charge in [-0.15, -0.1) is 5.10 Å². The molecule has 0 fully saturated rings. The zero-order valence-electron chi connectivity index (χ0n) is 12.2. The van der Waals surface area contributed by atoms with Crippen LogP contribution in [0.25, 0.3) is 0 Å². The van der Waals surface area contributed by atoms with E-state index in [4.69, 9.17) is 0 Å². The molecule has 1 aromatic heterocycles. The molecule has 0 bridgehead atoms. The number of nitrogens with zero attached hydrogens (tertiary/aromatic N) is 3. The van der Waals surface area contributed by atoms with Crippen LogP contribution in [0.3, 0.4) is 0 Å². The monoisotopic (exact) mass is 330 g/mol. The van der Waals surface area contributed by atoms with Gasteiger partial charge >= 0.3 is 0 Å². The number of aryl methyl sites for hydroxylation is 1. The second-order valence-electron chi connectivity index (χ2n) is 5.15. The third kappa shape index (κ3) is 3.13. The molecular formula is C15H14N4O3S. The normalized spacial score (nSPS) is 13.0. The van der Waals surface area contributed by atoms with E-state index in [0.717, 1.165) is 11.1 Å². The SMILES string of the molecule is Cc1ccc(S(=O)(=O)O)c(C(c2ccccc2)c2nnn[nH]2)c1. The van der Waals surface area contributed by atoms with Crippen LogP contribution in [-0.4, -0.2) is 33.6 Å². The predicted octanol–water partition coefficient (Wildman–Crippen LogP) is 1.94. The summed E-state index contributed by atoms with van der Waals surface area (Å²) < 4.78 is 33.1. The van der Waals surface area contributed by atoms with Gasteiger partial charge in [-0.1, -0.05) is 48.0 Å². The molecule has 0 spiro atoms. The molecule has 0 radical (unpaired) electrons. The van der Waals surface area contributed by atoms with Crippen molar-refractivity contribution >= 4 is 10.1 Å². The maximum absolute atomic E-state index is 11.8. The maximum atomic E-state index is 11.8. The highest BCUT2D eigenvalue weighted by atomic mass is 32.2. The number of aromatic amines is 1. The molecule has 0 amide bonds. The topological polar surface area (TPSA) is 109 Å². The Labute approximate surface area is 133 Å². The van der Waals surface area contributed by atoms with Gasteiger partial charge in [-0.2, -0.15) is 8.42 Å². The molecule has 118 valence electrons. The molecule has 0 saturated heterocycles. The minimum atomic E-state index is -4.38. The van der Waals surface area contributed by atoms with Gasteiger partial charge in [0.25, 0.3) is 10.1 Å². The molecule has 1 unspecified atom stereocenters. The molecule has 2 aromatic carbocycles. The van der Waals surface area contributed by atoms with E-state index in [9.17, 15) is 13.0 Å². The lowest BCUT2D eigenvalue weighted by Gasteiger charge is -2.18. The minimum Gasteiger partial charge on any atom is -0.282 e. The third-order valence-corrected chi connectivity index (χ3v) is 4.45. The Morgan fingerprint density at radius 3 is 2.48 bits per heavy atom. The van der Waals surface area contributed by atoms with E-state index >= 15 is 0 Å². The van der Waals surface area contributed by atoms with Gasteiger partial charge in [0.1, 0.15) is 0 Å². The lowest BCUT2D eigenvalue weighted by molar-refractivity contribution is 0.481. The predicted molar refractivity (Wildman–Crippen MR) is 82.6 cm³/mol. The molecule has 0 saturated carbocycles. The van der Waals surface area contributed by atoms with Gasteiger partial charge in [-0.3, -0.25) is 4.55 Å². The Balaban J connectivity index is 2.29. The molecule has 23 heavy (non-hydrogen) atoms. The summed E-state index contributed by atoms with van der Waals surface area (Å²) in [6.45, 7) is 1.85. The van der Waals surface area contributed by atoms with Crippen LogP contribution in [0.1, 0.15) is 28.4 Å². The lowest BCUT2D eigenvalue weighted by atomic mass is 9.90. The fraction of sp³-hybridized carbons (Fsp3) is 0.133. The summed E-state index contributed by atoms with van der Waals surface area (Å²) in [5.41, 5.74) is 2.08. The van der Waals surface area contributed by atoms with E-state index < -0.39 is 16.0 Å². The van der Waals surface area contributed by atoms with Crippen LogP contribution >= 0.6 is 0 Å². The van der Waals surface area contributed by atoms with E-state index in [1.54, 1.807) is 12.1 Å². The Morgan fingerprint density at radius 1 is 1.13 bits per heavy atom. The van der Waals surface area contributed by atoms with E-state index in [2.05, 4.69) is 20.6 Å². The van der Waals surface area contributed by atoms with Crippen LogP contribution in [-0.2, 0) is 10.1 Å². The number of hydrogen-bond donors (Lipinski definition) is 2. The van der Waals surface area contributed by atoms with Crippen molar-refractivity contribution in [2.24, 2.45) is 0 Å². The van der Waals surface area contributed by atoms with Crippen molar-refractivity contribution in [1.82, 2.24) is 20.6 Å². The summed E-state index contributed by atoms with van der Waals surface area (Å²) in [5.74, 6) is -0.144. The minimum absolute atomic E-state index is 0.159. The van der Waals surface area contributed by atoms with E-state index in [-0.39, 0.29) is 4.90 Å². The first-order valence-corrected chi connectivity index (χ1v) is 8.27. The van der Waals surface area contributed by atoms with Crippen molar-refractivity contribution in [3.63, 3.8) is 0 Å². The summed E-state index contributed by atoms with van der Waals surface area (Å²) in [4.78, 5) is -0.159. The molecule has 0 aliphatic heterocycles. The summed E-state index contributed by atoms with van der Waals surface area (Å²) in [7, 11) is -4.38. The van der Waals surface area contributed by atoms with Gasteiger partial charge in [0.05, 0.1) is 10.8 Å². The van der Waals surface area contributed by atoms with Gasteiger partial charge < -0.3 is 0 Å². The molecule has 7 nitrogen and oxygen atoms in total. The average molecular weight is 330 g/mol. The highest BCUT2D eigenvalue weighted by molar-refractivity contribution is 7.85.